The number of nitrogens with zero attached hydrogens (tertiary/aromatic N) is 4. The van der Waals surface area contributed by atoms with Crippen molar-refractivity contribution in [2.75, 3.05) is 0 Å². The Labute approximate surface area is 163 Å². The maximum absolute atomic E-state index is 10.9. The van der Waals surface area contributed by atoms with E-state index in [0.717, 1.165) is 5.69 Å². The largest absolute Gasteiger partial charge is 0.485 e. The number of hydrogen-bond acceptors (Lipinski definition) is 6. The van der Waals surface area contributed by atoms with E-state index in [9.17, 15) is 10.4 Å². The number of hydrogen-bond donors (Lipinski definition) is 3. The van der Waals surface area contributed by atoms with Gasteiger partial charge in [-0.2, -0.15) is 10.5 Å². The summed E-state index contributed by atoms with van der Waals surface area (Å²) < 4.78 is 5.90. The second-order valence-electron chi connectivity index (χ2n) is 6.87. The molecule has 1 aromatic carbocycles. The third-order valence-corrected chi connectivity index (χ3v) is 4.49. The van der Waals surface area contributed by atoms with Gasteiger partial charge >= 0.3 is 0 Å². The second-order valence-corrected chi connectivity index (χ2v) is 6.87. The highest BCUT2D eigenvalue weighted by atomic mass is 16.5. The SMILES string of the molecule is CC1(C)Oc2ccc(C#N)cc2[C@H](NC(=NC#N)NCc2ccccn2)[C@H]1O. The van der Waals surface area contributed by atoms with E-state index >= 15 is 0 Å². The molecule has 0 spiro atoms. The molecule has 2 aromatic rings. The maximum atomic E-state index is 10.9. The maximum Gasteiger partial charge on any atom is 0.209 e. The molecule has 8 nitrogen and oxygen atoms in total. The fourth-order valence-corrected chi connectivity index (χ4v) is 3.02. The molecule has 0 fully saturated rings. The van der Waals surface area contributed by atoms with Crippen molar-refractivity contribution >= 4 is 5.96 Å². The Hall–Kier alpha value is -3.62. The van der Waals surface area contributed by atoms with Crippen molar-refractivity contribution in [2.45, 2.75) is 38.1 Å². The molecule has 0 radical (unpaired) electrons. The predicted molar refractivity (Wildman–Crippen MR) is 102 cm³/mol. The molecule has 8 heteroatoms. The number of nitriles is 2. The van der Waals surface area contributed by atoms with Crippen LogP contribution in [-0.4, -0.2) is 27.8 Å². The summed E-state index contributed by atoms with van der Waals surface area (Å²) in [7, 11) is 0. The molecule has 1 aliphatic rings. The number of aromatic nitrogens is 1. The third-order valence-electron chi connectivity index (χ3n) is 4.49. The quantitative estimate of drug-likeness (QED) is 0.423. The van der Waals surface area contributed by atoms with Crippen molar-refractivity contribution in [3.63, 3.8) is 0 Å². The lowest BCUT2D eigenvalue weighted by Crippen LogP contribution is -2.55. The van der Waals surface area contributed by atoms with Crippen LogP contribution in [-0.2, 0) is 6.54 Å². The average molecular weight is 376 g/mol. The summed E-state index contributed by atoms with van der Waals surface area (Å²) in [6.07, 6.45) is 2.48. The number of rotatable bonds is 3. The van der Waals surface area contributed by atoms with Crippen molar-refractivity contribution in [3.8, 4) is 18.0 Å². The minimum Gasteiger partial charge on any atom is -0.485 e. The zero-order chi connectivity index (χ0) is 20.1. The number of ether oxygens (including phenoxy) is 1. The van der Waals surface area contributed by atoms with E-state index in [1.54, 1.807) is 44.4 Å². The molecule has 0 saturated heterocycles. The van der Waals surface area contributed by atoms with E-state index in [2.05, 4.69) is 26.7 Å². The van der Waals surface area contributed by atoms with Gasteiger partial charge in [0.2, 0.25) is 12.2 Å². The van der Waals surface area contributed by atoms with Gasteiger partial charge in [-0.15, -0.1) is 4.99 Å². The van der Waals surface area contributed by atoms with Crippen LogP contribution >= 0.6 is 0 Å². The molecule has 3 N–H and O–H groups in total. The first-order valence-electron chi connectivity index (χ1n) is 8.73. The Kier molecular flexibility index (Phi) is 5.44. The molecular formula is C20H20N6O2. The van der Waals surface area contributed by atoms with Crippen LogP contribution in [0.4, 0.5) is 0 Å². The average Bonchev–Trinajstić information content (AvgIpc) is 2.70. The van der Waals surface area contributed by atoms with Crippen molar-refractivity contribution in [2.24, 2.45) is 4.99 Å². The molecule has 3 rings (SSSR count). The summed E-state index contributed by atoms with van der Waals surface area (Å²) in [5.74, 6) is 0.760. The first-order valence-corrected chi connectivity index (χ1v) is 8.73. The summed E-state index contributed by atoms with van der Waals surface area (Å²) in [6.45, 7) is 3.90. The first kappa shape index (κ1) is 19.2. The van der Waals surface area contributed by atoms with Gasteiger partial charge in [0.1, 0.15) is 17.5 Å². The minimum absolute atomic E-state index is 0.197. The standard InChI is InChI=1S/C20H20N6O2/c1-20(2)18(27)17(15-9-13(10-21)6-7-16(15)28-20)26-19(25-12-22)24-11-14-5-3-4-8-23-14/h3-9,17-18,27H,11H2,1-2H3,(H2,24,25,26)/t17-,18+/m0/s1. The van der Waals surface area contributed by atoms with Gasteiger partial charge in [-0.25, -0.2) is 0 Å². The molecule has 0 amide bonds. The van der Waals surface area contributed by atoms with Crippen LogP contribution in [0.1, 0.15) is 36.7 Å². The molecule has 28 heavy (non-hydrogen) atoms. The van der Waals surface area contributed by atoms with E-state index < -0.39 is 17.7 Å². The molecule has 1 aliphatic heterocycles. The number of aliphatic imine (C=N–C) groups is 1. The summed E-state index contributed by atoms with van der Waals surface area (Å²) in [5, 5.41) is 35.2. The first-order chi connectivity index (χ1) is 13.4. The highest BCUT2D eigenvalue weighted by Gasteiger charge is 2.43. The fourth-order valence-electron chi connectivity index (χ4n) is 3.02. The second kappa shape index (κ2) is 7.95. The molecule has 1 aromatic heterocycles. The van der Waals surface area contributed by atoms with E-state index in [1.165, 1.54) is 0 Å². The van der Waals surface area contributed by atoms with E-state index in [0.29, 0.717) is 23.4 Å². The van der Waals surface area contributed by atoms with Gasteiger partial charge in [0.15, 0.2) is 0 Å². The molecular weight excluding hydrogens is 356 g/mol. The fraction of sp³-hybridized carbons (Fsp3) is 0.300. The van der Waals surface area contributed by atoms with Gasteiger partial charge < -0.3 is 20.5 Å². The van der Waals surface area contributed by atoms with Gasteiger partial charge in [0.25, 0.3) is 0 Å². The zero-order valence-electron chi connectivity index (χ0n) is 15.5. The van der Waals surface area contributed by atoms with Gasteiger partial charge in [0.05, 0.1) is 29.9 Å². The minimum atomic E-state index is -0.950. The number of guanidine groups is 1. The monoisotopic (exact) mass is 376 g/mol. The summed E-state index contributed by atoms with van der Waals surface area (Å²) >= 11 is 0. The highest BCUT2D eigenvalue weighted by Crippen LogP contribution is 2.40. The number of benzene rings is 1. The summed E-state index contributed by atoms with van der Waals surface area (Å²) in [5.41, 5.74) is 0.963. The Morgan fingerprint density at radius 3 is 2.82 bits per heavy atom. The van der Waals surface area contributed by atoms with Gasteiger partial charge in [-0.3, -0.25) is 4.98 Å². The molecule has 0 aliphatic carbocycles. The Balaban J connectivity index is 1.88. The van der Waals surface area contributed by atoms with Crippen molar-refractivity contribution in [1.29, 1.82) is 10.5 Å². The van der Waals surface area contributed by atoms with Crippen LogP contribution < -0.4 is 15.4 Å². The van der Waals surface area contributed by atoms with Gasteiger partial charge in [-0.05, 0) is 44.2 Å². The Morgan fingerprint density at radius 2 is 2.14 bits per heavy atom. The van der Waals surface area contributed by atoms with Gasteiger partial charge in [-0.1, -0.05) is 6.07 Å². The van der Waals surface area contributed by atoms with Crippen LogP contribution in [0.3, 0.4) is 0 Å². The highest BCUT2D eigenvalue weighted by molar-refractivity contribution is 5.81. The van der Waals surface area contributed by atoms with Crippen LogP contribution in [0.25, 0.3) is 0 Å². The van der Waals surface area contributed by atoms with Crippen LogP contribution in [0.15, 0.2) is 47.6 Å². The van der Waals surface area contributed by atoms with Gasteiger partial charge in [0, 0.05) is 11.8 Å². The Morgan fingerprint density at radius 1 is 1.32 bits per heavy atom. The van der Waals surface area contributed by atoms with Crippen molar-refractivity contribution < 1.29 is 9.84 Å². The number of aliphatic hydroxyl groups excluding tert-OH is 1. The van der Waals surface area contributed by atoms with E-state index in [4.69, 9.17) is 10.00 Å². The summed E-state index contributed by atoms with van der Waals surface area (Å²) in [4.78, 5) is 8.01. The normalized spacial score (nSPS) is 20.1. The molecule has 2 atom stereocenters. The van der Waals surface area contributed by atoms with Crippen LogP contribution in [0.5, 0.6) is 5.75 Å². The lowest BCUT2D eigenvalue weighted by molar-refractivity contribution is -0.0612. The number of nitrogens with one attached hydrogen (secondary N) is 2. The van der Waals surface area contributed by atoms with Crippen molar-refractivity contribution in [1.82, 2.24) is 15.6 Å². The topological polar surface area (TPSA) is 126 Å². The molecule has 0 saturated carbocycles. The third kappa shape index (κ3) is 4.03. The molecule has 0 unspecified atom stereocenters. The van der Waals surface area contributed by atoms with E-state index in [1.807, 2.05) is 18.2 Å². The number of fused-ring (bicyclic) bond motifs is 1. The summed E-state index contributed by atoms with van der Waals surface area (Å²) in [6, 6.07) is 12.0. The lowest BCUT2D eigenvalue weighted by atomic mass is 9.86. The Bertz CT molecular complexity index is 959. The smallest absolute Gasteiger partial charge is 0.209 e. The molecule has 2 heterocycles. The van der Waals surface area contributed by atoms with Crippen molar-refractivity contribution in [3.05, 3.63) is 59.4 Å². The van der Waals surface area contributed by atoms with Crippen LogP contribution in [0.2, 0.25) is 0 Å². The molecule has 0 bridgehead atoms. The predicted octanol–water partition coefficient (Wildman–Crippen LogP) is 1.74. The van der Waals surface area contributed by atoms with E-state index in [-0.39, 0.29) is 5.96 Å². The number of pyridine rings is 1. The van der Waals surface area contributed by atoms with Crippen LogP contribution in [0, 0.1) is 22.8 Å². The zero-order valence-corrected chi connectivity index (χ0v) is 15.5. The molecule has 142 valence electrons. The lowest BCUT2D eigenvalue weighted by Gasteiger charge is -2.42. The number of aliphatic hydroxyl groups is 1.